The van der Waals surface area contributed by atoms with Gasteiger partial charge in [-0.15, -0.1) is 10.2 Å². The van der Waals surface area contributed by atoms with E-state index >= 15 is 0 Å². The van der Waals surface area contributed by atoms with E-state index in [-0.39, 0.29) is 5.91 Å². The smallest absolute Gasteiger partial charge is 0.256 e. The molecule has 0 fully saturated rings. The van der Waals surface area contributed by atoms with E-state index in [1.165, 1.54) is 23.1 Å². The predicted octanol–water partition coefficient (Wildman–Crippen LogP) is 2.98. The second-order valence-corrected chi connectivity index (χ2v) is 6.75. The Morgan fingerprint density at radius 2 is 2.05 bits per heavy atom. The number of thiazole rings is 1. The van der Waals surface area contributed by atoms with Crippen molar-refractivity contribution in [1.82, 2.24) is 19.7 Å². The maximum absolute atomic E-state index is 12.1. The maximum Gasteiger partial charge on any atom is 0.256 e. The van der Waals surface area contributed by atoms with E-state index in [2.05, 4.69) is 20.5 Å². The number of aromatic nitrogens is 4. The molecule has 0 unspecified atom stereocenters. The summed E-state index contributed by atoms with van der Waals surface area (Å²) < 4.78 is 2.70. The summed E-state index contributed by atoms with van der Waals surface area (Å²) >= 11 is 2.83. The highest BCUT2D eigenvalue weighted by Crippen LogP contribution is 2.32. The zero-order valence-electron chi connectivity index (χ0n) is 12.0. The van der Waals surface area contributed by atoms with Crippen LogP contribution in [0.3, 0.4) is 0 Å². The molecule has 112 valence electrons. The lowest BCUT2D eigenvalue weighted by atomic mass is 10.2. The average Bonchev–Trinajstić information content (AvgIpc) is 3.10. The van der Waals surface area contributed by atoms with Crippen LogP contribution in [0, 0.1) is 6.92 Å². The lowest BCUT2D eigenvalue weighted by Gasteiger charge is -2.01. The fraction of sp³-hybridized carbons (Fsp3) is 0.143. The molecule has 3 aromatic rings. The number of nitrogens with one attached hydrogen (secondary N) is 1. The monoisotopic (exact) mass is 331 g/mol. The Morgan fingerprint density at radius 1 is 1.27 bits per heavy atom. The predicted molar refractivity (Wildman–Crippen MR) is 86.4 cm³/mol. The molecule has 0 spiro atoms. The van der Waals surface area contributed by atoms with Crippen LogP contribution in [-0.2, 0) is 7.05 Å². The molecule has 0 atom stereocenters. The van der Waals surface area contributed by atoms with Crippen molar-refractivity contribution in [1.29, 1.82) is 0 Å². The van der Waals surface area contributed by atoms with Crippen LogP contribution in [0.25, 0.3) is 0 Å². The Labute approximate surface area is 135 Å². The van der Waals surface area contributed by atoms with E-state index in [1.54, 1.807) is 18.3 Å². The van der Waals surface area contributed by atoms with Gasteiger partial charge in [-0.25, -0.2) is 4.98 Å². The van der Waals surface area contributed by atoms with Gasteiger partial charge >= 0.3 is 0 Å². The third-order valence-electron chi connectivity index (χ3n) is 2.99. The Morgan fingerprint density at radius 3 is 2.73 bits per heavy atom. The first-order chi connectivity index (χ1) is 10.6. The molecule has 1 aromatic carbocycles. The quantitative estimate of drug-likeness (QED) is 0.795. The molecule has 0 saturated heterocycles. The van der Waals surface area contributed by atoms with Crippen LogP contribution >= 0.6 is 23.1 Å². The second kappa shape index (κ2) is 6.29. The van der Waals surface area contributed by atoms with Crippen LogP contribution in [-0.4, -0.2) is 25.7 Å². The molecule has 0 aliphatic heterocycles. The van der Waals surface area contributed by atoms with Gasteiger partial charge in [0.1, 0.15) is 10.8 Å². The third kappa shape index (κ3) is 3.18. The number of carbonyl (C=O) groups is 1. The van der Waals surface area contributed by atoms with Gasteiger partial charge in [-0.05, 0) is 30.8 Å². The molecule has 8 heteroatoms. The Hall–Kier alpha value is -2.19. The summed E-state index contributed by atoms with van der Waals surface area (Å²) in [4.78, 5) is 16.4. The summed E-state index contributed by atoms with van der Waals surface area (Å²) in [5, 5.41) is 12.4. The van der Waals surface area contributed by atoms with Crippen LogP contribution < -0.4 is 5.32 Å². The van der Waals surface area contributed by atoms with Gasteiger partial charge in [0.2, 0.25) is 0 Å². The largest absolute Gasteiger partial charge is 0.312 e. The van der Waals surface area contributed by atoms with Crippen molar-refractivity contribution in [2.45, 2.75) is 16.4 Å². The lowest BCUT2D eigenvalue weighted by molar-refractivity contribution is 0.102. The van der Waals surface area contributed by atoms with Gasteiger partial charge < -0.3 is 9.88 Å². The molecular formula is C14H13N5OS2. The summed E-state index contributed by atoms with van der Waals surface area (Å²) in [5.41, 5.74) is 0.619. The number of hydrogen-bond donors (Lipinski definition) is 1. The van der Waals surface area contributed by atoms with Crippen molar-refractivity contribution in [3.05, 3.63) is 47.9 Å². The highest BCUT2D eigenvalue weighted by atomic mass is 32.2. The minimum Gasteiger partial charge on any atom is -0.312 e. The van der Waals surface area contributed by atoms with Crippen molar-refractivity contribution in [3.63, 3.8) is 0 Å². The molecule has 1 N–H and O–H groups in total. The van der Waals surface area contributed by atoms with Gasteiger partial charge in [0.15, 0.2) is 9.50 Å². The Balaban J connectivity index is 1.69. The number of hydrogen-bond acceptors (Lipinski definition) is 6. The van der Waals surface area contributed by atoms with E-state index in [0.717, 1.165) is 15.3 Å². The lowest BCUT2D eigenvalue weighted by Crippen LogP contribution is -2.10. The second-order valence-electron chi connectivity index (χ2n) is 4.50. The van der Waals surface area contributed by atoms with E-state index in [1.807, 2.05) is 36.7 Å². The van der Waals surface area contributed by atoms with Crippen molar-refractivity contribution in [2.75, 3.05) is 5.32 Å². The van der Waals surface area contributed by atoms with Gasteiger partial charge in [-0.2, -0.15) is 0 Å². The molecule has 2 aromatic heterocycles. The summed E-state index contributed by atoms with van der Waals surface area (Å²) in [6, 6.07) is 9.09. The maximum atomic E-state index is 12.1. The topological polar surface area (TPSA) is 72.7 Å². The first kappa shape index (κ1) is 14.7. The van der Waals surface area contributed by atoms with Crippen molar-refractivity contribution in [2.24, 2.45) is 7.05 Å². The molecule has 1 amide bonds. The molecule has 0 saturated carbocycles. The zero-order valence-corrected chi connectivity index (χ0v) is 13.6. The fourth-order valence-corrected chi connectivity index (χ4v) is 3.51. The van der Waals surface area contributed by atoms with E-state index in [9.17, 15) is 4.79 Å². The summed E-state index contributed by atoms with van der Waals surface area (Å²) in [5.74, 6) is 0.701. The average molecular weight is 331 g/mol. The van der Waals surface area contributed by atoms with Crippen molar-refractivity contribution in [3.8, 4) is 0 Å². The first-order valence-electron chi connectivity index (χ1n) is 6.49. The van der Waals surface area contributed by atoms with Crippen LogP contribution in [0.15, 0.2) is 46.0 Å². The molecule has 2 heterocycles. The molecule has 0 bridgehead atoms. The molecule has 0 radical (unpaired) electrons. The van der Waals surface area contributed by atoms with E-state index < -0.39 is 0 Å². The summed E-state index contributed by atoms with van der Waals surface area (Å²) in [6.07, 6.45) is 1.65. The van der Waals surface area contributed by atoms with Gasteiger partial charge in [0, 0.05) is 12.6 Å². The number of benzene rings is 1. The van der Waals surface area contributed by atoms with Gasteiger partial charge in [0.05, 0.1) is 6.20 Å². The minimum atomic E-state index is -0.143. The van der Waals surface area contributed by atoms with Gasteiger partial charge in [0.25, 0.3) is 5.91 Å². The number of nitrogens with zero attached hydrogens (tertiary/aromatic N) is 4. The van der Waals surface area contributed by atoms with Crippen LogP contribution in [0.5, 0.6) is 0 Å². The van der Waals surface area contributed by atoms with E-state index in [4.69, 9.17) is 0 Å². The van der Waals surface area contributed by atoms with Crippen LogP contribution in [0.1, 0.15) is 16.2 Å². The molecule has 22 heavy (non-hydrogen) atoms. The minimum absolute atomic E-state index is 0.143. The normalized spacial score (nSPS) is 10.6. The van der Waals surface area contributed by atoms with Crippen LogP contribution in [0.2, 0.25) is 0 Å². The van der Waals surface area contributed by atoms with Crippen LogP contribution in [0.4, 0.5) is 5.00 Å². The van der Waals surface area contributed by atoms with E-state index in [0.29, 0.717) is 10.6 Å². The van der Waals surface area contributed by atoms with Crippen molar-refractivity contribution < 1.29 is 4.79 Å². The van der Waals surface area contributed by atoms with Crippen molar-refractivity contribution >= 4 is 34.0 Å². The number of aryl methyl sites for hydroxylation is 1. The SMILES string of the molecule is Cc1nnc(Sc2ncc(NC(=O)c3ccccc3)s2)n1C. The molecule has 3 rings (SSSR count). The molecule has 6 nitrogen and oxygen atoms in total. The highest BCUT2D eigenvalue weighted by Gasteiger charge is 2.12. The standard InChI is InChI=1S/C14H13N5OS2/c1-9-17-18-13(19(9)2)22-14-15-8-11(21-14)16-12(20)10-6-4-3-5-7-10/h3-8H,1-2H3,(H,16,20). The number of anilines is 1. The summed E-state index contributed by atoms with van der Waals surface area (Å²) in [6.45, 7) is 1.89. The number of carbonyl (C=O) groups excluding carboxylic acids is 1. The molecule has 0 aliphatic rings. The Bertz CT molecular complexity index is 797. The third-order valence-corrected chi connectivity index (χ3v) is 5.01. The molecular weight excluding hydrogens is 318 g/mol. The first-order valence-corrected chi connectivity index (χ1v) is 8.13. The van der Waals surface area contributed by atoms with Gasteiger partial charge in [-0.3, -0.25) is 4.79 Å². The number of rotatable bonds is 4. The Kier molecular flexibility index (Phi) is 4.21. The molecule has 0 aliphatic carbocycles. The summed E-state index contributed by atoms with van der Waals surface area (Å²) in [7, 11) is 1.91. The number of amides is 1. The van der Waals surface area contributed by atoms with Gasteiger partial charge in [-0.1, -0.05) is 29.5 Å². The zero-order chi connectivity index (χ0) is 15.5. The fourth-order valence-electron chi connectivity index (χ4n) is 1.69. The highest BCUT2D eigenvalue weighted by molar-refractivity contribution is 8.01.